The molecule has 0 aromatic heterocycles. The molecular formula is C56H52N2. The Hall–Kier alpha value is -6.64. The van der Waals surface area contributed by atoms with Crippen LogP contribution in [0.2, 0.25) is 0 Å². The Morgan fingerprint density at radius 1 is 0.345 bits per heavy atom. The first-order valence-electron chi connectivity index (χ1n) is 20.6. The fraction of sp³-hybridized carbons (Fsp3) is 0.143. The number of benzene rings is 7. The van der Waals surface area contributed by atoms with E-state index in [0.29, 0.717) is 11.8 Å². The SMILES string of the molecule is Cc1ccc(N(c2ccc(C)cc2)c2ccc(C=Cc3ccc(C4C=CC(C=Cc5ccc(N(c6ccc(C)cc6)c6ccc(C)cc6)cc5)CC4)cc3)cc2)cc1. The molecule has 2 unspecified atom stereocenters. The summed E-state index contributed by atoms with van der Waals surface area (Å²) in [6.45, 7) is 8.53. The van der Waals surface area contributed by atoms with Crippen LogP contribution in [0.5, 0.6) is 0 Å². The lowest BCUT2D eigenvalue weighted by molar-refractivity contribution is 0.583. The van der Waals surface area contributed by atoms with Crippen LogP contribution >= 0.6 is 0 Å². The lowest BCUT2D eigenvalue weighted by Crippen LogP contribution is -2.09. The maximum Gasteiger partial charge on any atom is 0.0462 e. The summed E-state index contributed by atoms with van der Waals surface area (Å²) in [5.41, 5.74) is 16.9. The van der Waals surface area contributed by atoms with Crippen molar-refractivity contribution in [3.8, 4) is 0 Å². The summed E-state index contributed by atoms with van der Waals surface area (Å²) < 4.78 is 0. The number of nitrogens with zero attached hydrogens (tertiary/aromatic N) is 2. The second-order valence-electron chi connectivity index (χ2n) is 15.8. The van der Waals surface area contributed by atoms with Gasteiger partial charge in [-0.25, -0.2) is 0 Å². The second-order valence-corrected chi connectivity index (χ2v) is 15.8. The monoisotopic (exact) mass is 752 g/mol. The van der Waals surface area contributed by atoms with E-state index in [-0.39, 0.29) is 0 Å². The van der Waals surface area contributed by atoms with Crippen LogP contribution in [0.25, 0.3) is 18.2 Å². The van der Waals surface area contributed by atoms with Crippen molar-refractivity contribution in [3.63, 3.8) is 0 Å². The fourth-order valence-corrected chi connectivity index (χ4v) is 7.70. The summed E-state index contributed by atoms with van der Waals surface area (Å²) in [4.78, 5) is 4.64. The van der Waals surface area contributed by atoms with Crippen molar-refractivity contribution in [2.24, 2.45) is 5.92 Å². The number of hydrogen-bond acceptors (Lipinski definition) is 2. The predicted octanol–water partition coefficient (Wildman–Crippen LogP) is 15.8. The molecule has 2 atom stereocenters. The van der Waals surface area contributed by atoms with Crippen molar-refractivity contribution in [2.45, 2.75) is 46.5 Å². The molecule has 0 fully saturated rings. The van der Waals surface area contributed by atoms with Gasteiger partial charge in [0.1, 0.15) is 0 Å². The molecule has 2 nitrogen and oxygen atoms in total. The molecule has 286 valence electrons. The van der Waals surface area contributed by atoms with Crippen molar-refractivity contribution < 1.29 is 0 Å². The Balaban J connectivity index is 0.881. The van der Waals surface area contributed by atoms with Gasteiger partial charge in [-0.1, -0.05) is 156 Å². The first-order valence-corrected chi connectivity index (χ1v) is 20.6. The van der Waals surface area contributed by atoms with Crippen LogP contribution in [0.4, 0.5) is 34.1 Å². The van der Waals surface area contributed by atoms with Gasteiger partial charge in [-0.2, -0.15) is 0 Å². The van der Waals surface area contributed by atoms with Gasteiger partial charge in [0.05, 0.1) is 0 Å². The summed E-state index contributed by atoms with van der Waals surface area (Å²) in [7, 11) is 0. The topological polar surface area (TPSA) is 6.48 Å². The highest BCUT2D eigenvalue weighted by molar-refractivity contribution is 5.79. The smallest absolute Gasteiger partial charge is 0.0462 e. The Bertz CT molecular complexity index is 2400. The average Bonchev–Trinajstić information content (AvgIpc) is 3.26. The average molecular weight is 753 g/mol. The van der Waals surface area contributed by atoms with Crippen LogP contribution in [0.3, 0.4) is 0 Å². The molecule has 1 aliphatic carbocycles. The van der Waals surface area contributed by atoms with Crippen LogP contribution in [-0.2, 0) is 0 Å². The minimum atomic E-state index is 0.446. The molecule has 0 bridgehead atoms. The molecule has 0 heterocycles. The number of anilines is 6. The van der Waals surface area contributed by atoms with Gasteiger partial charge in [0, 0.05) is 40.0 Å². The Morgan fingerprint density at radius 3 is 0.983 bits per heavy atom. The van der Waals surface area contributed by atoms with E-state index in [4.69, 9.17) is 0 Å². The first-order chi connectivity index (χ1) is 28.3. The minimum absolute atomic E-state index is 0.446. The van der Waals surface area contributed by atoms with Crippen LogP contribution in [-0.4, -0.2) is 0 Å². The van der Waals surface area contributed by atoms with E-state index in [9.17, 15) is 0 Å². The van der Waals surface area contributed by atoms with Gasteiger partial charge in [-0.05, 0) is 142 Å². The summed E-state index contributed by atoms with van der Waals surface area (Å²) in [6, 6.07) is 61.8. The molecule has 2 heteroatoms. The highest BCUT2D eigenvalue weighted by atomic mass is 15.1. The molecule has 0 N–H and O–H groups in total. The zero-order chi connectivity index (χ0) is 39.8. The third kappa shape index (κ3) is 9.31. The van der Waals surface area contributed by atoms with Crippen molar-refractivity contribution in [1.29, 1.82) is 0 Å². The highest BCUT2D eigenvalue weighted by Gasteiger charge is 2.17. The van der Waals surface area contributed by atoms with Gasteiger partial charge in [-0.3, -0.25) is 0 Å². The fourth-order valence-electron chi connectivity index (χ4n) is 7.70. The Kier molecular flexibility index (Phi) is 11.6. The largest absolute Gasteiger partial charge is 0.311 e. The highest BCUT2D eigenvalue weighted by Crippen LogP contribution is 2.37. The van der Waals surface area contributed by atoms with Crippen LogP contribution in [0, 0.1) is 33.6 Å². The van der Waals surface area contributed by atoms with E-state index in [1.807, 2.05) is 0 Å². The summed E-state index contributed by atoms with van der Waals surface area (Å²) in [6.07, 6.45) is 16.2. The third-order valence-corrected chi connectivity index (χ3v) is 11.2. The summed E-state index contributed by atoms with van der Waals surface area (Å²) >= 11 is 0. The van der Waals surface area contributed by atoms with Gasteiger partial charge in [0.15, 0.2) is 0 Å². The molecular weight excluding hydrogens is 701 g/mol. The molecule has 0 aliphatic heterocycles. The van der Waals surface area contributed by atoms with Gasteiger partial charge in [0.2, 0.25) is 0 Å². The maximum atomic E-state index is 2.41. The van der Waals surface area contributed by atoms with E-state index in [1.54, 1.807) is 0 Å². The van der Waals surface area contributed by atoms with Gasteiger partial charge < -0.3 is 9.80 Å². The predicted molar refractivity (Wildman–Crippen MR) is 250 cm³/mol. The van der Waals surface area contributed by atoms with E-state index in [1.165, 1.54) is 44.5 Å². The van der Waals surface area contributed by atoms with Gasteiger partial charge in [0.25, 0.3) is 0 Å². The molecule has 7 aromatic carbocycles. The summed E-state index contributed by atoms with van der Waals surface area (Å²) in [5.74, 6) is 0.899. The summed E-state index contributed by atoms with van der Waals surface area (Å²) in [5, 5.41) is 0. The molecule has 8 rings (SSSR count). The molecule has 0 spiro atoms. The zero-order valence-corrected chi connectivity index (χ0v) is 34.1. The normalized spacial score (nSPS) is 15.2. The lowest BCUT2D eigenvalue weighted by Gasteiger charge is -2.26. The van der Waals surface area contributed by atoms with Crippen molar-refractivity contribution in [1.82, 2.24) is 0 Å². The number of allylic oxidation sites excluding steroid dienone is 3. The standard InChI is InChI=1S/C56H52N2/c1-41-5-29-51(30-6-41)57(52-31-7-42(2)8-32-52)55-37-21-47(22-38-55)15-13-45-17-25-49(26-18-45)50-27-19-46(20-28-50)14-16-48-23-39-56(40-24-48)58(53-33-9-43(3)10-34-53)54-35-11-44(4)12-36-54/h5-19,21-27,29-40,46,50H,20,28H2,1-4H3. The molecule has 0 amide bonds. The number of hydrogen-bond donors (Lipinski definition) is 0. The van der Waals surface area contributed by atoms with Gasteiger partial charge in [-0.15, -0.1) is 0 Å². The lowest BCUT2D eigenvalue weighted by atomic mass is 9.84. The maximum absolute atomic E-state index is 2.41. The molecule has 0 saturated carbocycles. The van der Waals surface area contributed by atoms with E-state index in [0.717, 1.165) is 47.0 Å². The second kappa shape index (κ2) is 17.7. The molecule has 58 heavy (non-hydrogen) atoms. The zero-order valence-electron chi connectivity index (χ0n) is 34.1. The van der Waals surface area contributed by atoms with E-state index >= 15 is 0 Å². The third-order valence-electron chi connectivity index (χ3n) is 11.2. The van der Waals surface area contributed by atoms with E-state index in [2.05, 4.69) is 244 Å². The van der Waals surface area contributed by atoms with Gasteiger partial charge >= 0.3 is 0 Å². The molecule has 7 aromatic rings. The first kappa shape index (κ1) is 38.2. The van der Waals surface area contributed by atoms with Crippen molar-refractivity contribution in [3.05, 3.63) is 233 Å². The molecule has 1 aliphatic rings. The Morgan fingerprint density at radius 2 is 0.655 bits per heavy atom. The minimum Gasteiger partial charge on any atom is -0.311 e. The van der Waals surface area contributed by atoms with E-state index < -0.39 is 0 Å². The molecule has 0 saturated heterocycles. The molecule has 0 radical (unpaired) electrons. The number of rotatable bonds is 11. The quantitative estimate of drug-likeness (QED) is 0.0959. The Labute approximate surface area is 345 Å². The van der Waals surface area contributed by atoms with Crippen molar-refractivity contribution in [2.75, 3.05) is 9.80 Å². The van der Waals surface area contributed by atoms with Crippen molar-refractivity contribution >= 4 is 52.4 Å². The number of aryl methyl sites for hydroxylation is 4. The van der Waals surface area contributed by atoms with Crippen LogP contribution in [0.15, 0.2) is 188 Å². The van der Waals surface area contributed by atoms with Crippen LogP contribution < -0.4 is 9.80 Å². The van der Waals surface area contributed by atoms with Crippen LogP contribution in [0.1, 0.15) is 63.3 Å².